The van der Waals surface area contributed by atoms with E-state index in [4.69, 9.17) is 34.1 Å². The first-order valence-electron chi connectivity index (χ1n) is 25.3. The second-order valence-corrected chi connectivity index (χ2v) is 31.7. The molecule has 0 spiro atoms. The second kappa shape index (κ2) is 29.1. The third-order valence-electron chi connectivity index (χ3n) is 11.9. The molecule has 348 valence electrons. The van der Waals surface area contributed by atoms with Crippen LogP contribution < -0.4 is 14.2 Å². The van der Waals surface area contributed by atoms with Gasteiger partial charge in [0.25, 0.3) is 0 Å². The number of rotatable bonds is 34. The SMILES string of the molecule is CCCCCCCCOc1cnc(-c2ccc(Oc3ccc(-c4ncc(OCCCCCCCC)cn4)cc3CCCCCC[Si](C)(C)C)c(CCCCCC[Si](C)(C)C)c2)nc1. The lowest BCUT2D eigenvalue weighted by Gasteiger charge is -2.17. The van der Waals surface area contributed by atoms with Gasteiger partial charge in [0, 0.05) is 27.3 Å². The van der Waals surface area contributed by atoms with Gasteiger partial charge in [-0.1, -0.05) is 168 Å². The van der Waals surface area contributed by atoms with Crippen molar-refractivity contribution in [3.05, 3.63) is 72.3 Å². The van der Waals surface area contributed by atoms with Gasteiger partial charge in [-0.15, -0.1) is 0 Å². The monoisotopic (exact) mass is 895 g/mol. The average molecular weight is 895 g/mol. The molecule has 2 aromatic heterocycles. The van der Waals surface area contributed by atoms with E-state index in [2.05, 4.69) is 89.5 Å². The third kappa shape index (κ3) is 21.8. The lowest BCUT2D eigenvalue weighted by molar-refractivity contribution is 0.302. The molecule has 7 nitrogen and oxygen atoms in total. The van der Waals surface area contributed by atoms with E-state index < -0.39 is 16.1 Å². The minimum absolute atomic E-state index is 0.706. The lowest BCUT2D eigenvalue weighted by atomic mass is 10.0. The van der Waals surface area contributed by atoms with Crippen LogP contribution in [0.2, 0.25) is 51.4 Å². The molecule has 0 N–H and O–H groups in total. The Morgan fingerprint density at radius 1 is 0.413 bits per heavy atom. The van der Waals surface area contributed by atoms with Crippen molar-refractivity contribution in [1.29, 1.82) is 0 Å². The molecule has 63 heavy (non-hydrogen) atoms. The smallest absolute Gasteiger partial charge is 0.159 e. The molecule has 0 amide bonds. The first-order chi connectivity index (χ1) is 30.4. The molecular formula is C54H86N4O3Si2. The molecule has 0 saturated carbocycles. The van der Waals surface area contributed by atoms with E-state index in [0.29, 0.717) is 24.9 Å². The highest BCUT2D eigenvalue weighted by Crippen LogP contribution is 2.35. The minimum Gasteiger partial charge on any atom is -0.490 e. The molecule has 0 fully saturated rings. The highest BCUT2D eigenvalue weighted by molar-refractivity contribution is 6.76. The largest absolute Gasteiger partial charge is 0.490 e. The van der Waals surface area contributed by atoms with Crippen molar-refractivity contribution >= 4 is 16.1 Å². The van der Waals surface area contributed by atoms with E-state index in [1.807, 2.05) is 24.8 Å². The van der Waals surface area contributed by atoms with E-state index in [-0.39, 0.29) is 0 Å². The van der Waals surface area contributed by atoms with Crippen molar-refractivity contribution in [2.75, 3.05) is 13.2 Å². The van der Waals surface area contributed by atoms with Crippen molar-refractivity contribution in [2.24, 2.45) is 0 Å². The van der Waals surface area contributed by atoms with Crippen LogP contribution in [0.4, 0.5) is 0 Å². The molecule has 0 atom stereocenters. The Morgan fingerprint density at radius 3 is 1.14 bits per heavy atom. The number of hydrogen-bond acceptors (Lipinski definition) is 7. The van der Waals surface area contributed by atoms with Crippen LogP contribution in [-0.4, -0.2) is 49.3 Å². The predicted octanol–water partition coefficient (Wildman–Crippen LogP) is 16.8. The lowest BCUT2D eigenvalue weighted by Crippen LogP contribution is -2.18. The predicted molar refractivity (Wildman–Crippen MR) is 273 cm³/mol. The van der Waals surface area contributed by atoms with Crippen LogP contribution in [0.1, 0.15) is 153 Å². The van der Waals surface area contributed by atoms with Gasteiger partial charge < -0.3 is 14.2 Å². The van der Waals surface area contributed by atoms with E-state index in [9.17, 15) is 0 Å². The van der Waals surface area contributed by atoms with Gasteiger partial charge in [-0.05, 0) is 86.1 Å². The maximum atomic E-state index is 6.97. The van der Waals surface area contributed by atoms with E-state index >= 15 is 0 Å². The summed E-state index contributed by atoms with van der Waals surface area (Å²) < 4.78 is 19.0. The number of aromatic nitrogens is 4. The second-order valence-electron chi connectivity index (χ2n) is 20.4. The van der Waals surface area contributed by atoms with Crippen LogP contribution in [0.3, 0.4) is 0 Å². The van der Waals surface area contributed by atoms with Gasteiger partial charge in [-0.3, -0.25) is 0 Å². The van der Waals surface area contributed by atoms with Gasteiger partial charge in [-0.2, -0.15) is 0 Å². The molecule has 0 aliphatic rings. The van der Waals surface area contributed by atoms with Crippen LogP contribution in [-0.2, 0) is 12.8 Å². The van der Waals surface area contributed by atoms with Crippen molar-refractivity contribution in [3.8, 4) is 45.8 Å². The molecule has 4 rings (SSSR count). The van der Waals surface area contributed by atoms with Crippen LogP contribution >= 0.6 is 0 Å². The molecule has 2 heterocycles. The van der Waals surface area contributed by atoms with Gasteiger partial charge in [0.15, 0.2) is 23.1 Å². The normalized spacial score (nSPS) is 11.9. The summed E-state index contributed by atoms with van der Waals surface area (Å²) in [5, 5.41) is 0. The number of benzene rings is 2. The Bertz CT molecular complexity index is 1690. The van der Waals surface area contributed by atoms with Crippen LogP contribution in [0.5, 0.6) is 23.0 Å². The molecule has 4 aromatic rings. The maximum Gasteiger partial charge on any atom is 0.159 e. The molecule has 2 aromatic carbocycles. The first kappa shape index (κ1) is 52.1. The Kier molecular flexibility index (Phi) is 24.0. The molecule has 0 saturated heterocycles. The summed E-state index contributed by atoms with van der Waals surface area (Å²) in [6.07, 6.45) is 34.0. The van der Waals surface area contributed by atoms with E-state index in [1.54, 1.807) is 0 Å². The Hall–Kier alpha value is -3.57. The van der Waals surface area contributed by atoms with Crippen molar-refractivity contribution in [2.45, 2.75) is 206 Å². The fraction of sp³-hybridized carbons (Fsp3) is 0.630. The molecule has 0 radical (unpaired) electrons. The number of nitrogens with zero attached hydrogens (tertiary/aromatic N) is 4. The summed E-state index contributed by atoms with van der Waals surface area (Å²) in [5.74, 6) is 4.71. The third-order valence-corrected chi connectivity index (χ3v) is 15.6. The maximum absolute atomic E-state index is 6.97. The fourth-order valence-electron chi connectivity index (χ4n) is 8.02. The number of hydrogen-bond donors (Lipinski definition) is 0. The van der Waals surface area contributed by atoms with Crippen molar-refractivity contribution in [1.82, 2.24) is 19.9 Å². The quantitative estimate of drug-likeness (QED) is 0.0341. The average Bonchev–Trinajstić information content (AvgIpc) is 3.26. The van der Waals surface area contributed by atoms with E-state index in [1.165, 1.54) is 126 Å². The topological polar surface area (TPSA) is 79.2 Å². The van der Waals surface area contributed by atoms with Gasteiger partial charge in [0.05, 0.1) is 38.0 Å². The zero-order chi connectivity index (χ0) is 45.2. The highest BCUT2D eigenvalue weighted by Gasteiger charge is 2.16. The Labute approximate surface area is 386 Å². The number of unbranched alkanes of at least 4 members (excludes halogenated alkanes) is 16. The summed E-state index contributed by atoms with van der Waals surface area (Å²) in [7, 11) is -2.05. The summed E-state index contributed by atoms with van der Waals surface area (Å²) in [6.45, 7) is 20.8. The van der Waals surface area contributed by atoms with Crippen LogP contribution in [0.15, 0.2) is 61.2 Å². The van der Waals surface area contributed by atoms with Crippen molar-refractivity contribution < 1.29 is 14.2 Å². The molecule has 0 aliphatic heterocycles. The van der Waals surface area contributed by atoms with Gasteiger partial charge in [0.1, 0.15) is 11.5 Å². The van der Waals surface area contributed by atoms with Crippen molar-refractivity contribution in [3.63, 3.8) is 0 Å². The fourth-order valence-corrected chi connectivity index (χ4v) is 10.6. The first-order valence-corrected chi connectivity index (χ1v) is 32.7. The molecule has 0 aliphatic carbocycles. The summed E-state index contributed by atoms with van der Waals surface area (Å²) >= 11 is 0. The molecular weight excluding hydrogens is 809 g/mol. The summed E-state index contributed by atoms with van der Waals surface area (Å²) in [4.78, 5) is 19.0. The summed E-state index contributed by atoms with van der Waals surface area (Å²) in [5.41, 5.74) is 4.41. The van der Waals surface area contributed by atoms with E-state index in [0.717, 1.165) is 72.6 Å². The Morgan fingerprint density at radius 2 is 0.762 bits per heavy atom. The number of ether oxygens (including phenoxy) is 3. The molecule has 0 unspecified atom stereocenters. The summed E-state index contributed by atoms with van der Waals surface area (Å²) in [6, 6.07) is 15.8. The van der Waals surface area contributed by atoms with Crippen LogP contribution in [0, 0.1) is 0 Å². The highest BCUT2D eigenvalue weighted by atomic mass is 28.3. The zero-order valence-corrected chi connectivity index (χ0v) is 43.2. The minimum atomic E-state index is -1.02. The number of aryl methyl sites for hydroxylation is 2. The van der Waals surface area contributed by atoms with Gasteiger partial charge in [-0.25, -0.2) is 19.9 Å². The standard InChI is InChI=1S/C54H86N4O3Si2/c1-9-11-13-15-19-25-35-59-49-41-55-53(56-42-49)47-31-33-51(45(39-47)29-23-17-21-27-37-62(3,4)5)61-52-34-32-48(40-46(52)30-24-18-22-28-38-63(6,7)8)54-57-43-50(44-58-54)60-36-26-20-16-14-12-10-2/h31-34,39-44H,9-30,35-38H2,1-8H3. The Balaban J connectivity index is 1.51. The molecule has 9 heteroatoms. The molecule has 0 bridgehead atoms. The van der Waals surface area contributed by atoms with Crippen LogP contribution in [0.25, 0.3) is 22.8 Å². The van der Waals surface area contributed by atoms with Gasteiger partial charge >= 0.3 is 0 Å². The van der Waals surface area contributed by atoms with Gasteiger partial charge in [0.2, 0.25) is 0 Å². The zero-order valence-electron chi connectivity index (χ0n) is 41.2.